The Labute approximate surface area is 201 Å². The van der Waals surface area contributed by atoms with Crippen LogP contribution in [0.2, 0.25) is 5.02 Å². The monoisotopic (exact) mass is 483 g/mol. The van der Waals surface area contributed by atoms with Crippen molar-refractivity contribution in [2.45, 2.75) is 19.4 Å². The molecule has 2 N–H and O–H groups in total. The highest BCUT2D eigenvalue weighted by Crippen LogP contribution is 2.29. The lowest BCUT2D eigenvalue weighted by atomic mass is 10.2. The normalized spacial score (nSPS) is 10.7. The van der Waals surface area contributed by atoms with Crippen molar-refractivity contribution in [3.05, 3.63) is 88.7 Å². The summed E-state index contributed by atoms with van der Waals surface area (Å²) in [5.74, 6) is -0.136. The summed E-state index contributed by atoms with van der Waals surface area (Å²) < 4.78 is 24.1. The Morgan fingerprint density at radius 3 is 2.47 bits per heavy atom. The minimum absolute atomic E-state index is 0.0377. The molecule has 0 radical (unpaired) electrons. The second-order valence-electron chi connectivity index (χ2n) is 7.14. The molecular formula is C25H23ClFN3O4. The zero-order chi connectivity index (χ0) is 24.3. The van der Waals surface area contributed by atoms with Gasteiger partial charge in [-0.3, -0.25) is 9.59 Å². The molecule has 0 heterocycles. The van der Waals surface area contributed by atoms with Gasteiger partial charge in [-0.05, 0) is 54.1 Å². The van der Waals surface area contributed by atoms with Gasteiger partial charge in [-0.25, -0.2) is 9.82 Å². The highest BCUT2D eigenvalue weighted by molar-refractivity contribution is 6.31. The van der Waals surface area contributed by atoms with Crippen LogP contribution in [0.5, 0.6) is 11.5 Å². The van der Waals surface area contributed by atoms with Gasteiger partial charge in [0.1, 0.15) is 12.4 Å². The number of carbonyl (C=O) groups is 2. The summed E-state index contributed by atoms with van der Waals surface area (Å²) in [6.07, 6.45) is 1.36. The molecule has 7 nitrogen and oxygen atoms in total. The number of carbonyl (C=O) groups excluding carboxylic acids is 2. The number of hydrogen-bond donors (Lipinski definition) is 2. The van der Waals surface area contributed by atoms with E-state index in [1.807, 2.05) is 18.2 Å². The molecule has 0 aliphatic rings. The van der Waals surface area contributed by atoms with Crippen LogP contribution in [0.3, 0.4) is 0 Å². The molecule has 0 aromatic heterocycles. The van der Waals surface area contributed by atoms with Crippen molar-refractivity contribution in [1.82, 2.24) is 5.43 Å². The second kappa shape index (κ2) is 12.4. The molecule has 0 fully saturated rings. The third kappa shape index (κ3) is 7.60. The van der Waals surface area contributed by atoms with E-state index in [1.54, 1.807) is 24.3 Å². The van der Waals surface area contributed by atoms with Gasteiger partial charge in [0, 0.05) is 29.1 Å². The van der Waals surface area contributed by atoms with Crippen molar-refractivity contribution in [2.75, 3.05) is 12.4 Å². The third-order valence-corrected chi connectivity index (χ3v) is 5.01. The van der Waals surface area contributed by atoms with Gasteiger partial charge in [0.25, 0.3) is 0 Å². The molecular weight excluding hydrogens is 461 g/mol. The Kier molecular flexibility index (Phi) is 8.99. The summed E-state index contributed by atoms with van der Waals surface area (Å²) in [6, 6.07) is 18.0. The van der Waals surface area contributed by atoms with Crippen LogP contribution in [-0.2, 0) is 16.2 Å². The van der Waals surface area contributed by atoms with Crippen LogP contribution in [0.15, 0.2) is 71.8 Å². The number of nitrogens with zero attached hydrogens (tertiary/aromatic N) is 1. The van der Waals surface area contributed by atoms with Crippen LogP contribution in [-0.4, -0.2) is 25.1 Å². The summed E-state index contributed by atoms with van der Waals surface area (Å²) in [5, 5.41) is 7.12. The van der Waals surface area contributed by atoms with E-state index in [-0.39, 0.29) is 25.4 Å². The van der Waals surface area contributed by atoms with E-state index in [1.165, 1.54) is 37.6 Å². The van der Waals surface area contributed by atoms with E-state index < -0.39 is 11.7 Å². The quantitative estimate of drug-likeness (QED) is 0.316. The standard InChI is InChI=1S/C25H23ClFN3O4/c1-33-23-14-17(6-11-22(23)34-16-18-4-2-3-5-21(18)26)15-28-30-25(32)13-12-24(31)29-20-9-7-19(27)8-10-20/h2-11,14-15H,12-13,16H2,1H3,(H,29,31)(H,30,32). The number of halogens is 2. The zero-order valence-corrected chi connectivity index (χ0v) is 19.1. The molecule has 0 saturated carbocycles. The molecule has 176 valence electrons. The Bertz CT molecular complexity index is 1170. The third-order valence-electron chi connectivity index (χ3n) is 4.64. The highest BCUT2D eigenvalue weighted by atomic mass is 35.5. The maximum atomic E-state index is 12.9. The van der Waals surface area contributed by atoms with E-state index >= 15 is 0 Å². The van der Waals surface area contributed by atoms with Crippen molar-refractivity contribution in [3.8, 4) is 11.5 Å². The topological polar surface area (TPSA) is 89.0 Å². The van der Waals surface area contributed by atoms with Crippen LogP contribution in [0.4, 0.5) is 10.1 Å². The largest absolute Gasteiger partial charge is 0.493 e. The van der Waals surface area contributed by atoms with Gasteiger partial charge in [0.05, 0.1) is 13.3 Å². The molecule has 0 bridgehead atoms. The van der Waals surface area contributed by atoms with Gasteiger partial charge in [-0.1, -0.05) is 29.8 Å². The Hall–Kier alpha value is -3.91. The van der Waals surface area contributed by atoms with E-state index in [4.69, 9.17) is 21.1 Å². The predicted octanol–water partition coefficient (Wildman–Crippen LogP) is 4.94. The Morgan fingerprint density at radius 1 is 1.00 bits per heavy atom. The number of methoxy groups -OCH3 is 1. The highest BCUT2D eigenvalue weighted by Gasteiger charge is 2.09. The Balaban J connectivity index is 1.46. The molecule has 3 rings (SSSR count). The van der Waals surface area contributed by atoms with Crippen LogP contribution in [0.25, 0.3) is 0 Å². The fraction of sp³-hybridized carbons (Fsp3) is 0.160. The number of hydrazone groups is 1. The van der Waals surface area contributed by atoms with Crippen LogP contribution in [0.1, 0.15) is 24.0 Å². The van der Waals surface area contributed by atoms with Gasteiger partial charge in [0.2, 0.25) is 11.8 Å². The molecule has 0 unspecified atom stereocenters. The van der Waals surface area contributed by atoms with E-state index in [2.05, 4.69) is 15.8 Å². The lowest BCUT2D eigenvalue weighted by molar-refractivity contribution is -0.124. The van der Waals surface area contributed by atoms with E-state index in [0.29, 0.717) is 27.8 Å². The molecule has 2 amide bonds. The summed E-state index contributed by atoms with van der Waals surface area (Å²) >= 11 is 6.16. The number of hydrogen-bond acceptors (Lipinski definition) is 5. The molecule has 0 saturated heterocycles. The van der Waals surface area contributed by atoms with Gasteiger partial charge >= 0.3 is 0 Å². The summed E-state index contributed by atoms with van der Waals surface area (Å²) in [5.41, 5.74) is 4.36. The van der Waals surface area contributed by atoms with Crippen molar-refractivity contribution in [3.63, 3.8) is 0 Å². The number of anilines is 1. The van der Waals surface area contributed by atoms with E-state index in [0.717, 1.165) is 5.56 Å². The number of rotatable bonds is 10. The fourth-order valence-corrected chi connectivity index (χ4v) is 3.06. The molecule has 3 aromatic rings. The minimum Gasteiger partial charge on any atom is -0.493 e. The summed E-state index contributed by atoms with van der Waals surface area (Å²) in [7, 11) is 1.53. The van der Waals surface area contributed by atoms with Crippen molar-refractivity contribution < 1.29 is 23.5 Å². The average Bonchev–Trinajstić information content (AvgIpc) is 2.84. The van der Waals surface area contributed by atoms with Gasteiger partial charge in [0.15, 0.2) is 11.5 Å². The van der Waals surface area contributed by atoms with E-state index in [9.17, 15) is 14.0 Å². The van der Waals surface area contributed by atoms with Crippen LogP contribution >= 0.6 is 11.6 Å². The van der Waals surface area contributed by atoms with Crippen LogP contribution in [0, 0.1) is 5.82 Å². The fourth-order valence-electron chi connectivity index (χ4n) is 2.87. The first-order valence-corrected chi connectivity index (χ1v) is 10.7. The smallest absolute Gasteiger partial charge is 0.240 e. The molecule has 0 aliphatic heterocycles. The second-order valence-corrected chi connectivity index (χ2v) is 7.55. The molecule has 0 aliphatic carbocycles. The van der Waals surface area contributed by atoms with Crippen molar-refractivity contribution in [2.24, 2.45) is 5.10 Å². The Morgan fingerprint density at radius 2 is 1.74 bits per heavy atom. The average molecular weight is 484 g/mol. The molecule has 34 heavy (non-hydrogen) atoms. The maximum absolute atomic E-state index is 12.9. The summed E-state index contributed by atoms with van der Waals surface area (Å²) in [4.78, 5) is 23.9. The lowest BCUT2D eigenvalue weighted by Gasteiger charge is -2.12. The molecule has 0 spiro atoms. The summed E-state index contributed by atoms with van der Waals surface area (Å²) in [6.45, 7) is 0.286. The SMILES string of the molecule is COc1cc(C=NNC(=O)CCC(=O)Nc2ccc(F)cc2)ccc1OCc1ccccc1Cl. The number of ether oxygens (including phenoxy) is 2. The molecule has 9 heteroatoms. The van der Waals surface area contributed by atoms with Gasteiger partial charge in [-0.15, -0.1) is 0 Å². The zero-order valence-electron chi connectivity index (χ0n) is 18.4. The first-order valence-electron chi connectivity index (χ1n) is 10.4. The minimum atomic E-state index is -0.419. The number of amides is 2. The number of benzene rings is 3. The van der Waals surface area contributed by atoms with Crippen molar-refractivity contribution in [1.29, 1.82) is 0 Å². The first kappa shape index (κ1) is 24.7. The molecule has 0 atom stereocenters. The van der Waals surface area contributed by atoms with Crippen molar-refractivity contribution >= 4 is 35.3 Å². The number of nitrogens with one attached hydrogen (secondary N) is 2. The van der Waals surface area contributed by atoms with Crippen LogP contribution < -0.4 is 20.2 Å². The van der Waals surface area contributed by atoms with Gasteiger partial charge in [-0.2, -0.15) is 5.10 Å². The predicted molar refractivity (Wildman–Crippen MR) is 129 cm³/mol. The van der Waals surface area contributed by atoms with Gasteiger partial charge < -0.3 is 14.8 Å². The molecule has 3 aromatic carbocycles. The lowest BCUT2D eigenvalue weighted by Crippen LogP contribution is -2.20. The first-order chi connectivity index (χ1) is 16.4. The maximum Gasteiger partial charge on any atom is 0.240 e.